The van der Waals surface area contributed by atoms with Crippen molar-refractivity contribution >= 4 is 23.3 Å². The number of hydrogen-bond acceptors (Lipinski definition) is 6. The Morgan fingerprint density at radius 2 is 1.91 bits per heavy atom. The number of fused-ring (bicyclic) bond motifs is 1. The van der Waals surface area contributed by atoms with E-state index < -0.39 is 6.10 Å². The summed E-state index contributed by atoms with van der Waals surface area (Å²) in [4.78, 5) is 26.7. The molecule has 1 aromatic carbocycles. The maximum Gasteiger partial charge on any atom is 0.231 e. The van der Waals surface area contributed by atoms with E-state index in [9.17, 15) is 9.90 Å². The molecule has 1 aromatic heterocycles. The van der Waals surface area contributed by atoms with Crippen LogP contribution in [0.1, 0.15) is 60.9 Å². The van der Waals surface area contributed by atoms with Gasteiger partial charge < -0.3 is 20.2 Å². The minimum atomic E-state index is -0.511. The first-order chi connectivity index (χ1) is 16.0. The zero-order chi connectivity index (χ0) is 22.9. The molecule has 2 heterocycles. The lowest BCUT2D eigenvalue weighted by atomic mass is 9.97. The van der Waals surface area contributed by atoms with Crippen LogP contribution in [0.15, 0.2) is 30.6 Å². The van der Waals surface area contributed by atoms with Crippen molar-refractivity contribution in [3.05, 3.63) is 52.4 Å². The number of carbonyl (C=O) groups is 1. The van der Waals surface area contributed by atoms with Gasteiger partial charge in [-0.1, -0.05) is 30.7 Å². The average Bonchev–Trinajstić information content (AvgIpc) is 3.61. The van der Waals surface area contributed by atoms with Gasteiger partial charge in [-0.2, -0.15) is 0 Å². The Bertz CT molecular complexity index is 989. The molecule has 1 amide bonds. The molecule has 2 aromatic rings. The molecule has 0 bridgehead atoms. The van der Waals surface area contributed by atoms with Crippen LogP contribution in [0.25, 0.3) is 0 Å². The molecule has 1 aliphatic heterocycles. The molecule has 33 heavy (non-hydrogen) atoms. The highest BCUT2D eigenvalue weighted by Crippen LogP contribution is 2.42. The highest BCUT2D eigenvalue weighted by atomic mass is 35.5. The Labute approximate surface area is 200 Å². The monoisotopic (exact) mass is 469 g/mol. The van der Waals surface area contributed by atoms with Crippen LogP contribution in [-0.4, -0.2) is 65.2 Å². The molecule has 3 atom stereocenters. The van der Waals surface area contributed by atoms with Crippen molar-refractivity contribution in [1.82, 2.24) is 20.2 Å². The lowest BCUT2D eigenvalue weighted by Crippen LogP contribution is -2.51. The molecule has 2 aliphatic carbocycles. The fourth-order valence-corrected chi connectivity index (χ4v) is 5.24. The SMILES string of the molecule is CC1C[C@@H](O)c2ncnc(N3CCN(C(=O)[C@@H](CNCC4CC4)c4ccc(Cl)cc4)CC3)c21. The maximum atomic E-state index is 13.6. The Morgan fingerprint density at radius 1 is 1.18 bits per heavy atom. The minimum absolute atomic E-state index is 0.164. The first-order valence-electron chi connectivity index (χ1n) is 12.0. The summed E-state index contributed by atoms with van der Waals surface area (Å²) in [7, 11) is 0. The number of benzene rings is 1. The number of aromatic nitrogens is 2. The number of hydrogen-bond donors (Lipinski definition) is 2. The van der Waals surface area contributed by atoms with Gasteiger partial charge in [0.05, 0.1) is 17.7 Å². The first-order valence-corrected chi connectivity index (χ1v) is 12.4. The lowest BCUT2D eigenvalue weighted by Gasteiger charge is -2.38. The molecule has 0 spiro atoms. The summed E-state index contributed by atoms with van der Waals surface area (Å²) in [6.07, 6.45) is 4.31. The van der Waals surface area contributed by atoms with Crippen LogP contribution >= 0.6 is 11.6 Å². The van der Waals surface area contributed by atoms with Gasteiger partial charge in [-0.05, 0) is 55.3 Å². The van der Waals surface area contributed by atoms with Crippen molar-refractivity contribution < 1.29 is 9.90 Å². The van der Waals surface area contributed by atoms with Crippen molar-refractivity contribution in [2.75, 3.05) is 44.2 Å². The molecule has 0 radical (unpaired) electrons. The van der Waals surface area contributed by atoms with Crippen LogP contribution in [0.5, 0.6) is 0 Å². The van der Waals surface area contributed by atoms with Gasteiger partial charge in [0.2, 0.25) is 5.91 Å². The molecule has 2 fully saturated rings. The van der Waals surface area contributed by atoms with Crippen LogP contribution in [0, 0.1) is 5.92 Å². The van der Waals surface area contributed by atoms with Crippen LogP contribution in [0.3, 0.4) is 0 Å². The Kier molecular flexibility index (Phi) is 6.54. The van der Waals surface area contributed by atoms with Crippen molar-refractivity contribution in [3.8, 4) is 0 Å². The zero-order valence-electron chi connectivity index (χ0n) is 19.1. The minimum Gasteiger partial charge on any atom is -0.387 e. The molecule has 5 rings (SSSR count). The number of nitrogens with zero attached hydrogens (tertiary/aromatic N) is 4. The van der Waals surface area contributed by atoms with Gasteiger partial charge in [-0.15, -0.1) is 0 Å². The van der Waals surface area contributed by atoms with E-state index >= 15 is 0 Å². The molecular formula is C25H32ClN5O2. The molecule has 2 N–H and O–H groups in total. The number of carbonyl (C=O) groups excluding carboxylic acids is 1. The summed E-state index contributed by atoms with van der Waals surface area (Å²) in [5.74, 6) is 1.86. The summed E-state index contributed by atoms with van der Waals surface area (Å²) < 4.78 is 0. The third-order valence-electron chi connectivity index (χ3n) is 7.22. The predicted molar refractivity (Wildman–Crippen MR) is 129 cm³/mol. The highest BCUT2D eigenvalue weighted by molar-refractivity contribution is 6.30. The van der Waals surface area contributed by atoms with Gasteiger partial charge in [0.15, 0.2) is 0 Å². The van der Waals surface area contributed by atoms with Gasteiger partial charge >= 0.3 is 0 Å². The van der Waals surface area contributed by atoms with Crippen LogP contribution < -0.4 is 10.2 Å². The standard InChI is InChI=1S/C25H32ClN5O2/c1-16-12-21(32)23-22(16)24(29-15-28-23)30-8-10-31(11-9-30)25(33)20(14-27-13-17-2-3-17)18-4-6-19(26)7-5-18/h4-7,15-17,20-21,27,32H,2-3,8-14H2,1H3/t16?,20-,21+/m0/s1. The van der Waals surface area contributed by atoms with Crippen molar-refractivity contribution in [2.24, 2.45) is 5.92 Å². The number of amides is 1. The molecule has 1 saturated carbocycles. The third kappa shape index (κ3) is 4.86. The topological polar surface area (TPSA) is 81.6 Å². The second kappa shape index (κ2) is 9.57. The van der Waals surface area contributed by atoms with E-state index in [0.717, 1.165) is 48.2 Å². The Balaban J connectivity index is 1.27. The number of nitrogens with one attached hydrogen (secondary N) is 1. The average molecular weight is 470 g/mol. The number of rotatable bonds is 7. The second-order valence-electron chi connectivity index (χ2n) is 9.67. The fraction of sp³-hybridized carbons (Fsp3) is 0.560. The summed E-state index contributed by atoms with van der Waals surface area (Å²) in [6, 6.07) is 7.66. The van der Waals surface area contributed by atoms with E-state index in [-0.39, 0.29) is 17.7 Å². The van der Waals surface area contributed by atoms with Gasteiger partial charge in [0, 0.05) is 43.3 Å². The maximum absolute atomic E-state index is 13.6. The molecular weight excluding hydrogens is 438 g/mol. The molecule has 1 unspecified atom stereocenters. The Morgan fingerprint density at radius 3 is 2.61 bits per heavy atom. The van der Waals surface area contributed by atoms with Crippen molar-refractivity contribution in [3.63, 3.8) is 0 Å². The van der Waals surface area contributed by atoms with E-state index in [1.807, 2.05) is 29.2 Å². The number of anilines is 1. The molecule has 7 nitrogen and oxygen atoms in total. The zero-order valence-corrected chi connectivity index (χ0v) is 19.8. The largest absolute Gasteiger partial charge is 0.387 e. The van der Waals surface area contributed by atoms with Gasteiger partial charge in [-0.25, -0.2) is 9.97 Å². The van der Waals surface area contributed by atoms with Crippen LogP contribution in [0.4, 0.5) is 5.82 Å². The van der Waals surface area contributed by atoms with Gasteiger partial charge in [0.25, 0.3) is 0 Å². The number of piperazine rings is 1. The predicted octanol–water partition coefficient (Wildman–Crippen LogP) is 3.10. The quantitative estimate of drug-likeness (QED) is 0.648. The number of aliphatic hydroxyl groups is 1. The van der Waals surface area contributed by atoms with E-state index in [1.54, 1.807) is 6.33 Å². The Hall–Kier alpha value is -2.22. The van der Waals surface area contributed by atoms with Crippen molar-refractivity contribution in [2.45, 2.75) is 44.1 Å². The molecule has 176 valence electrons. The van der Waals surface area contributed by atoms with Crippen LogP contribution in [0.2, 0.25) is 5.02 Å². The summed E-state index contributed by atoms with van der Waals surface area (Å²) >= 11 is 6.09. The van der Waals surface area contributed by atoms with E-state index in [4.69, 9.17) is 11.6 Å². The van der Waals surface area contributed by atoms with E-state index in [0.29, 0.717) is 31.1 Å². The second-order valence-corrected chi connectivity index (χ2v) is 10.1. The molecule has 3 aliphatic rings. The summed E-state index contributed by atoms with van der Waals surface area (Å²) in [6.45, 7) is 6.50. The normalized spacial score (nSPS) is 23.5. The summed E-state index contributed by atoms with van der Waals surface area (Å²) in [5, 5.41) is 14.5. The molecule has 8 heteroatoms. The summed E-state index contributed by atoms with van der Waals surface area (Å²) in [5.41, 5.74) is 2.83. The lowest BCUT2D eigenvalue weighted by molar-refractivity contribution is -0.133. The van der Waals surface area contributed by atoms with Crippen LogP contribution in [-0.2, 0) is 4.79 Å². The first kappa shape index (κ1) is 22.6. The van der Waals surface area contributed by atoms with Gasteiger partial charge in [0.1, 0.15) is 12.1 Å². The highest BCUT2D eigenvalue weighted by Gasteiger charge is 2.35. The number of aliphatic hydroxyl groups excluding tert-OH is 1. The third-order valence-corrected chi connectivity index (χ3v) is 7.47. The van der Waals surface area contributed by atoms with E-state index in [1.165, 1.54) is 12.8 Å². The molecule has 1 saturated heterocycles. The number of halogens is 1. The van der Waals surface area contributed by atoms with Gasteiger partial charge in [-0.3, -0.25) is 4.79 Å². The van der Waals surface area contributed by atoms with Crippen molar-refractivity contribution in [1.29, 1.82) is 0 Å². The fourth-order valence-electron chi connectivity index (χ4n) is 5.11. The van der Waals surface area contributed by atoms with E-state index in [2.05, 4.69) is 27.1 Å². The smallest absolute Gasteiger partial charge is 0.231 e.